The van der Waals surface area contributed by atoms with Gasteiger partial charge in [0.25, 0.3) is 5.91 Å². The predicted molar refractivity (Wildman–Crippen MR) is 112 cm³/mol. The molecule has 0 saturated heterocycles. The number of aromatic nitrogens is 1. The molecule has 0 radical (unpaired) electrons. The van der Waals surface area contributed by atoms with E-state index in [1.807, 2.05) is 38.1 Å². The zero-order chi connectivity index (χ0) is 18.7. The molecule has 0 saturated carbocycles. The maximum Gasteiger partial charge on any atom is 0.259 e. The lowest BCUT2D eigenvalue weighted by Gasteiger charge is -2.10. The van der Waals surface area contributed by atoms with Gasteiger partial charge in [-0.25, -0.2) is 4.98 Å². The third kappa shape index (κ3) is 4.32. The van der Waals surface area contributed by atoms with E-state index < -0.39 is 0 Å². The minimum atomic E-state index is -0.288. The summed E-state index contributed by atoms with van der Waals surface area (Å²) in [4.78, 5) is 16.6. The van der Waals surface area contributed by atoms with Crippen molar-refractivity contribution in [2.45, 2.75) is 13.8 Å². The van der Waals surface area contributed by atoms with E-state index in [0.29, 0.717) is 17.0 Å². The van der Waals surface area contributed by atoms with Crippen LogP contribution in [-0.2, 0) is 0 Å². The summed E-state index contributed by atoms with van der Waals surface area (Å²) < 4.78 is 6.90. The van der Waals surface area contributed by atoms with Gasteiger partial charge < -0.3 is 15.8 Å². The molecule has 2 aromatic carbocycles. The van der Waals surface area contributed by atoms with Crippen molar-refractivity contribution in [1.82, 2.24) is 4.98 Å². The predicted octanol–water partition coefficient (Wildman–Crippen LogP) is 4.93. The number of aryl methyl sites for hydroxylation is 2. The summed E-state index contributed by atoms with van der Waals surface area (Å²) in [5, 5.41) is 2.83. The van der Waals surface area contributed by atoms with E-state index in [2.05, 4.69) is 32.9 Å². The van der Waals surface area contributed by atoms with Crippen LogP contribution < -0.4 is 15.8 Å². The van der Waals surface area contributed by atoms with Gasteiger partial charge in [0.15, 0.2) is 0 Å². The minimum Gasteiger partial charge on any atom is -0.457 e. The third-order valence-electron chi connectivity index (χ3n) is 3.88. The Kier molecular flexibility index (Phi) is 5.41. The highest BCUT2D eigenvalue weighted by molar-refractivity contribution is 14.1. The standard InChI is InChI=1S/C20H18IN3O2/c1-12-10-18(19(22)23-13(12)2)20(25)24-15-6-8-16(9-7-15)26-17-5-3-4-14(21)11-17/h3-11H,1-2H3,(H2,22,23)(H,24,25). The van der Waals surface area contributed by atoms with E-state index in [4.69, 9.17) is 10.5 Å². The Hall–Kier alpha value is -2.61. The fourth-order valence-corrected chi connectivity index (χ4v) is 2.89. The highest BCUT2D eigenvalue weighted by atomic mass is 127. The maximum absolute atomic E-state index is 12.4. The number of hydrogen-bond donors (Lipinski definition) is 2. The molecule has 26 heavy (non-hydrogen) atoms. The molecule has 3 N–H and O–H groups in total. The van der Waals surface area contributed by atoms with Crippen LogP contribution in [0.4, 0.5) is 11.5 Å². The van der Waals surface area contributed by atoms with Crippen molar-refractivity contribution in [3.63, 3.8) is 0 Å². The number of nitrogens with zero attached hydrogens (tertiary/aromatic N) is 1. The molecule has 0 aliphatic rings. The number of benzene rings is 2. The van der Waals surface area contributed by atoms with Crippen LogP contribution in [0.15, 0.2) is 54.6 Å². The van der Waals surface area contributed by atoms with Crippen molar-refractivity contribution in [3.8, 4) is 11.5 Å². The van der Waals surface area contributed by atoms with Crippen LogP contribution >= 0.6 is 22.6 Å². The molecule has 0 spiro atoms. The molecule has 6 heteroatoms. The van der Waals surface area contributed by atoms with Crippen LogP contribution in [0.5, 0.6) is 11.5 Å². The molecule has 1 amide bonds. The molecule has 0 aliphatic heterocycles. The molecule has 1 heterocycles. The highest BCUT2D eigenvalue weighted by Crippen LogP contribution is 2.25. The number of nitrogen functional groups attached to an aromatic ring is 1. The van der Waals surface area contributed by atoms with Gasteiger partial charge in [0.1, 0.15) is 17.3 Å². The first kappa shape index (κ1) is 18.2. The van der Waals surface area contributed by atoms with Crippen LogP contribution in [0.25, 0.3) is 0 Å². The molecular formula is C20H18IN3O2. The van der Waals surface area contributed by atoms with Crippen molar-refractivity contribution in [2.24, 2.45) is 0 Å². The second-order valence-corrected chi connectivity index (χ2v) is 7.11. The SMILES string of the molecule is Cc1cc(C(=O)Nc2ccc(Oc3cccc(I)c3)cc2)c(N)nc1C. The van der Waals surface area contributed by atoms with Gasteiger partial charge in [-0.05, 0) is 90.5 Å². The van der Waals surface area contributed by atoms with Crippen molar-refractivity contribution >= 4 is 40.0 Å². The Morgan fingerprint density at radius 1 is 1.08 bits per heavy atom. The number of pyridine rings is 1. The van der Waals surface area contributed by atoms with E-state index in [1.165, 1.54) is 0 Å². The maximum atomic E-state index is 12.4. The number of anilines is 2. The number of rotatable bonds is 4. The number of halogens is 1. The van der Waals surface area contributed by atoms with Crippen LogP contribution in [0.2, 0.25) is 0 Å². The zero-order valence-corrected chi connectivity index (χ0v) is 16.6. The van der Waals surface area contributed by atoms with Crippen LogP contribution in [0.3, 0.4) is 0 Å². The lowest BCUT2D eigenvalue weighted by Crippen LogP contribution is -2.15. The Morgan fingerprint density at radius 2 is 1.81 bits per heavy atom. The summed E-state index contributed by atoms with van der Waals surface area (Å²) in [5.41, 5.74) is 8.64. The average Bonchev–Trinajstić information content (AvgIpc) is 2.60. The lowest BCUT2D eigenvalue weighted by atomic mass is 10.1. The summed E-state index contributed by atoms with van der Waals surface area (Å²) in [7, 11) is 0. The lowest BCUT2D eigenvalue weighted by molar-refractivity contribution is 0.102. The van der Waals surface area contributed by atoms with Gasteiger partial charge >= 0.3 is 0 Å². The van der Waals surface area contributed by atoms with Gasteiger partial charge in [-0.15, -0.1) is 0 Å². The summed E-state index contributed by atoms with van der Waals surface area (Å²) >= 11 is 2.24. The first-order chi connectivity index (χ1) is 12.4. The summed E-state index contributed by atoms with van der Waals surface area (Å²) in [5.74, 6) is 1.40. The Labute approximate surface area is 165 Å². The fourth-order valence-electron chi connectivity index (χ4n) is 2.38. The van der Waals surface area contributed by atoms with Gasteiger partial charge in [-0.1, -0.05) is 6.07 Å². The van der Waals surface area contributed by atoms with Crippen LogP contribution in [0, 0.1) is 17.4 Å². The van der Waals surface area contributed by atoms with Gasteiger partial charge in [-0.2, -0.15) is 0 Å². The number of hydrogen-bond acceptors (Lipinski definition) is 4. The Bertz CT molecular complexity index is 956. The van der Waals surface area contributed by atoms with E-state index >= 15 is 0 Å². The third-order valence-corrected chi connectivity index (χ3v) is 4.56. The second-order valence-electron chi connectivity index (χ2n) is 5.86. The molecule has 0 fully saturated rings. The molecule has 3 aromatic rings. The highest BCUT2D eigenvalue weighted by Gasteiger charge is 2.13. The van der Waals surface area contributed by atoms with Gasteiger partial charge in [-0.3, -0.25) is 4.79 Å². The quantitative estimate of drug-likeness (QED) is 0.543. The number of ether oxygens (including phenoxy) is 1. The fraction of sp³-hybridized carbons (Fsp3) is 0.100. The zero-order valence-electron chi connectivity index (χ0n) is 14.4. The van der Waals surface area contributed by atoms with Crippen molar-refractivity contribution in [2.75, 3.05) is 11.1 Å². The summed E-state index contributed by atoms with van der Waals surface area (Å²) in [6, 6.07) is 16.7. The molecule has 3 rings (SSSR count). The smallest absolute Gasteiger partial charge is 0.259 e. The molecule has 1 aromatic heterocycles. The number of amides is 1. The van der Waals surface area contributed by atoms with E-state index in [1.54, 1.807) is 30.3 Å². The van der Waals surface area contributed by atoms with Crippen LogP contribution in [0.1, 0.15) is 21.6 Å². The monoisotopic (exact) mass is 459 g/mol. The largest absolute Gasteiger partial charge is 0.457 e. The summed E-state index contributed by atoms with van der Waals surface area (Å²) in [6.45, 7) is 3.76. The molecule has 0 bridgehead atoms. The normalized spacial score (nSPS) is 10.4. The number of nitrogens with two attached hydrogens (primary N) is 1. The molecule has 132 valence electrons. The minimum absolute atomic E-state index is 0.226. The molecule has 0 aliphatic carbocycles. The number of carbonyl (C=O) groups is 1. The van der Waals surface area contributed by atoms with Gasteiger partial charge in [0.05, 0.1) is 5.56 Å². The van der Waals surface area contributed by atoms with Crippen molar-refractivity contribution in [3.05, 3.63) is 75.0 Å². The average molecular weight is 459 g/mol. The van der Waals surface area contributed by atoms with Crippen molar-refractivity contribution < 1.29 is 9.53 Å². The Morgan fingerprint density at radius 3 is 2.50 bits per heavy atom. The first-order valence-corrected chi connectivity index (χ1v) is 9.09. The van der Waals surface area contributed by atoms with E-state index in [0.717, 1.165) is 20.6 Å². The molecule has 5 nitrogen and oxygen atoms in total. The van der Waals surface area contributed by atoms with Gasteiger partial charge in [0.2, 0.25) is 0 Å². The molecular weight excluding hydrogens is 441 g/mol. The Balaban J connectivity index is 1.71. The molecule has 0 atom stereocenters. The van der Waals surface area contributed by atoms with E-state index in [-0.39, 0.29) is 11.7 Å². The van der Waals surface area contributed by atoms with Crippen LogP contribution in [-0.4, -0.2) is 10.9 Å². The summed E-state index contributed by atoms with van der Waals surface area (Å²) in [6.07, 6.45) is 0. The second kappa shape index (κ2) is 7.74. The van der Waals surface area contributed by atoms with Gasteiger partial charge in [0, 0.05) is 15.0 Å². The topological polar surface area (TPSA) is 77.2 Å². The van der Waals surface area contributed by atoms with Crippen molar-refractivity contribution in [1.29, 1.82) is 0 Å². The number of carbonyl (C=O) groups excluding carboxylic acids is 1. The van der Waals surface area contributed by atoms with E-state index in [9.17, 15) is 4.79 Å². The number of nitrogens with one attached hydrogen (secondary N) is 1. The first-order valence-electron chi connectivity index (χ1n) is 8.01. The molecule has 0 unspecified atom stereocenters.